The summed E-state index contributed by atoms with van der Waals surface area (Å²) in [5.74, 6) is -0.270. The highest BCUT2D eigenvalue weighted by atomic mass is 16.5. The first-order valence-corrected chi connectivity index (χ1v) is 11.8. The Hall–Kier alpha value is -3.52. The molecule has 0 aliphatic carbocycles. The molecule has 3 aromatic rings. The monoisotopic (exact) mass is 459 g/mol. The van der Waals surface area contributed by atoms with Gasteiger partial charge >= 0.3 is 0 Å². The molecule has 0 bridgehead atoms. The van der Waals surface area contributed by atoms with Gasteiger partial charge in [-0.1, -0.05) is 36.4 Å². The minimum atomic E-state index is -0.246. The molecule has 1 aromatic carbocycles. The first kappa shape index (κ1) is 22.3. The standard InChI is InChI=1S/C26H29N5O3/c1-19(20-7-3-2-4-8-20)25(32)30-12-10-23-22(18-30)24(26(33)29-13-15-34-16-14-29)28-31(23)17-21-9-5-6-11-27-21/h2-9,11,19H,10,12-18H2,1H3. The van der Waals surface area contributed by atoms with Gasteiger partial charge in [-0.3, -0.25) is 19.3 Å². The zero-order chi connectivity index (χ0) is 23.5. The molecule has 2 aromatic heterocycles. The Morgan fingerprint density at radius 3 is 2.50 bits per heavy atom. The number of hydrogen-bond donors (Lipinski definition) is 0. The summed E-state index contributed by atoms with van der Waals surface area (Å²) in [6.45, 7) is 5.58. The van der Waals surface area contributed by atoms with E-state index in [0.717, 1.165) is 22.5 Å². The summed E-state index contributed by atoms with van der Waals surface area (Å²) in [5, 5.41) is 4.77. The number of carbonyl (C=O) groups excluding carboxylic acids is 2. The predicted molar refractivity (Wildman–Crippen MR) is 126 cm³/mol. The largest absolute Gasteiger partial charge is 0.378 e. The van der Waals surface area contributed by atoms with Crippen molar-refractivity contribution in [2.75, 3.05) is 32.8 Å². The topological polar surface area (TPSA) is 80.6 Å². The Morgan fingerprint density at radius 1 is 1.00 bits per heavy atom. The van der Waals surface area contributed by atoms with Gasteiger partial charge in [0.25, 0.3) is 5.91 Å². The average Bonchev–Trinajstić information content (AvgIpc) is 3.26. The number of pyridine rings is 1. The lowest BCUT2D eigenvalue weighted by atomic mass is 9.97. The van der Waals surface area contributed by atoms with Crippen LogP contribution in [0.25, 0.3) is 0 Å². The van der Waals surface area contributed by atoms with Crippen LogP contribution in [0, 0.1) is 0 Å². The Labute approximate surface area is 199 Å². The van der Waals surface area contributed by atoms with E-state index in [1.165, 1.54) is 0 Å². The minimum absolute atomic E-state index is 0.0686. The highest BCUT2D eigenvalue weighted by Crippen LogP contribution is 2.27. The summed E-state index contributed by atoms with van der Waals surface area (Å²) in [7, 11) is 0. The van der Waals surface area contributed by atoms with Crippen molar-refractivity contribution >= 4 is 11.8 Å². The van der Waals surface area contributed by atoms with E-state index >= 15 is 0 Å². The van der Waals surface area contributed by atoms with Crippen molar-refractivity contribution in [1.29, 1.82) is 0 Å². The molecule has 2 aliphatic rings. The fourth-order valence-corrected chi connectivity index (χ4v) is 4.70. The second kappa shape index (κ2) is 9.77. The molecular formula is C26H29N5O3. The molecular weight excluding hydrogens is 430 g/mol. The second-order valence-corrected chi connectivity index (χ2v) is 8.80. The minimum Gasteiger partial charge on any atom is -0.378 e. The summed E-state index contributed by atoms with van der Waals surface area (Å²) >= 11 is 0. The number of carbonyl (C=O) groups is 2. The molecule has 8 nitrogen and oxygen atoms in total. The van der Waals surface area contributed by atoms with Crippen LogP contribution >= 0.6 is 0 Å². The third-order valence-corrected chi connectivity index (χ3v) is 6.65. The molecule has 34 heavy (non-hydrogen) atoms. The van der Waals surface area contributed by atoms with Crippen molar-refractivity contribution in [2.24, 2.45) is 0 Å². The van der Waals surface area contributed by atoms with Gasteiger partial charge in [0.2, 0.25) is 5.91 Å². The lowest BCUT2D eigenvalue weighted by Gasteiger charge is -2.31. The fraction of sp³-hybridized carbons (Fsp3) is 0.385. The molecule has 8 heteroatoms. The fourth-order valence-electron chi connectivity index (χ4n) is 4.70. The van der Waals surface area contributed by atoms with Crippen LogP contribution in [0.2, 0.25) is 0 Å². The molecule has 1 fully saturated rings. The lowest BCUT2D eigenvalue weighted by molar-refractivity contribution is -0.133. The summed E-state index contributed by atoms with van der Waals surface area (Å²) in [6, 6.07) is 15.6. The number of rotatable bonds is 5. The van der Waals surface area contributed by atoms with Gasteiger partial charge < -0.3 is 14.5 Å². The van der Waals surface area contributed by atoms with Crippen LogP contribution in [-0.4, -0.2) is 69.2 Å². The van der Waals surface area contributed by atoms with Crippen LogP contribution in [0.15, 0.2) is 54.7 Å². The normalized spacial score (nSPS) is 16.7. The summed E-state index contributed by atoms with van der Waals surface area (Å²) in [4.78, 5) is 34.9. The molecule has 2 aliphatic heterocycles. The molecule has 4 heterocycles. The SMILES string of the molecule is CC(C(=O)N1CCc2c(c(C(=O)N3CCOCC3)nn2Cc2ccccn2)C1)c1ccccc1. The van der Waals surface area contributed by atoms with Gasteiger partial charge in [0.15, 0.2) is 5.69 Å². The highest BCUT2D eigenvalue weighted by Gasteiger charge is 2.33. The summed E-state index contributed by atoms with van der Waals surface area (Å²) < 4.78 is 7.32. The van der Waals surface area contributed by atoms with Gasteiger partial charge in [0.1, 0.15) is 0 Å². The first-order chi connectivity index (χ1) is 16.6. The van der Waals surface area contributed by atoms with Crippen LogP contribution < -0.4 is 0 Å². The average molecular weight is 460 g/mol. The van der Waals surface area contributed by atoms with Crippen molar-refractivity contribution in [1.82, 2.24) is 24.6 Å². The molecule has 1 unspecified atom stereocenters. The smallest absolute Gasteiger partial charge is 0.274 e. The zero-order valence-corrected chi connectivity index (χ0v) is 19.4. The maximum absolute atomic E-state index is 13.4. The van der Waals surface area contributed by atoms with E-state index in [1.807, 2.05) is 65.0 Å². The number of morpholine rings is 1. The van der Waals surface area contributed by atoms with E-state index in [9.17, 15) is 9.59 Å². The Kier molecular flexibility index (Phi) is 6.40. The van der Waals surface area contributed by atoms with E-state index in [-0.39, 0.29) is 17.7 Å². The number of nitrogens with zero attached hydrogens (tertiary/aromatic N) is 5. The van der Waals surface area contributed by atoms with Crippen LogP contribution in [0.3, 0.4) is 0 Å². The quantitative estimate of drug-likeness (QED) is 0.586. The van der Waals surface area contributed by atoms with Crippen molar-refractivity contribution < 1.29 is 14.3 Å². The third kappa shape index (κ3) is 4.46. The number of hydrogen-bond acceptors (Lipinski definition) is 5. The van der Waals surface area contributed by atoms with E-state index < -0.39 is 0 Å². The maximum atomic E-state index is 13.4. The van der Waals surface area contributed by atoms with E-state index in [0.29, 0.717) is 58.1 Å². The van der Waals surface area contributed by atoms with Gasteiger partial charge in [-0.2, -0.15) is 5.10 Å². The van der Waals surface area contributed by atoms with Crippen molar-refractivity contribution in [3.05, 3.63) is 82.9 Å². The lowest BCUT2D eigenvalue weighted by Crippen LogP contribution is -2.42. The molecule has 0 N–H and O–H groups in total. The molecule has 1 atom stereocenters. The Balaban J connectivity index is 1.44. The second-order valence-electron chi connectivity index (χ2n) is 8.80. The first-order valence-electron chi connectivity index (χ1n) is 11.8. The number of amides is 2. The Morgan fingerprint density at radius 2 is 1.76 bits per heavy atom. The van der Waals surface area contributed by atoms with E-state index in [2.05, 4.69) is 4.98 Å². The third-order valence-electron chi connectivity index (χ3n) is 6.65. The van der Waals surface area contributed by atoms with Gasteiger partial charge in [-0.15, -0.1) is 0 Å². The molecule has 176 valence electrons. The molecule has 1 saturated heterocycles. The van der Waals surface area contributed by atoms with Gasteiger partial charge in [0.05, 0.1) is 31.4 Å². The number of benzene rings is 1. The van der Waals surface area contributed by atoms with E-state index in [4.69, 9.17) is 9.84 Å². The van der Waals surface area contributed by atoms with Crippen molar-refractivity contribution in [3.63, 3.8) is 0 Å². The molecule has 0 radical (unpaired) electrons. The molecule has 2 amide bonds. The van der Waals surface area contributed by atoms with Gasteiger partial charge in [-0.25, -0.2) is 0 Å². The number of fused-ring (bicyclic) bond motifs is 1. The highest BCUT2D eigenvalue weighted by molar-refractivity contribution is 5.94. The maximum Gasteiger partial charge on any atom is 0.274 e. The number of aromatic nitrogens is 3. The zero-order valence-electron chi connectivity index (χ0n) is 19.4. The van der Waals surface area contributed by atoms with Crippen LogP contribution in [-0.2, 0) is 29.0 Å². The molecule has 5 rings (SSSR count). The Bertz CT molecular complexity index is 1160. The van der Waals surface area contributed by atoms with Crippen LogP contribution in [0.1, 0.15) is 45.8 Å². The summed E-state index contributed by atoms with van der Waals surface area (Å²) in [5.41, 5.74) is 4.19. The van der Waals surface area contributed by atoms with E-state index in [1.54, 1.807) is 11.1 Å². The predicted octanol–water partition coefficient (Wildman–Crippen LogP) is 2.49. The summed E-state index contributed by atoms with van der Waals surface area (Å²) in [6.07, 6.45) is 2.41. The van der Waals surface area contributed by atoms with Crippen molar-refractivity contribution in [2.45, 2.75) is 32.4 Å². The van der Waals surface area contributed by atoms with Crippen molar-refractivity contribution in [3.8, 4) is 0 Å². The number of ether oxygens (including phenoxy) is 1. The molecule has 0 saturated carbocycles. The van der Waals surface area contributed by atoms with Gasteiger partial charge in [-0.05, 0) is 24.6 Å². The van der Waals surface area contributed by atoms with Crippen LogP contribution in [0.4, 0.5) is 0 Å². The van der Waals surface area contributed by atoms with Gasteiger partial charge in [0, 0.05) is 50.1 Å². The van der Waals surface area contributed by atoms with Crippen LogP contribution in [0.5, 0.6) is 0 Å². The molecule has 0 spiro atoms.